The van der Waals surface area contributed by atoms with Crippen LogP contribution in [0.5, 0.6) is 0 Å². The van der Waals surface area contributed by atoms with Crippen LogP contribution in [0.4, 0.5) is 0 Å². The van der Waals surface area contributed by atoms with Crippen LogP contribution in [0.25, 0.3) is 22.2 Å². The average Bonchev–Trinajstić information content (AvgIpc) is 2.85. The fourth-order valence-electron chi connectivity index (χ4n) is 2.55. The van der Waals surface area contributed by atoms with Crippen LogP contribution in [0, 0.1) is 18.3 Å². The summed E-state index contributed by atoms with van der Waals surface area (Å²) in [6.45, 7) is 4.19. The number of hydrogen-bond donors (Lipinski definition) is 1. The lowest BCUT2D eigenvalue weighted by Gasteiger charge is -2.01. The second-order valence-electron chi connectivity index (χ2n) is 5.09. The quantitative estimate of drug-likeness (QED) is 0.720. The zero-order valence-corrected chi connectivity index (χ0v) is 11.7. The summed E-state index contributed by atoms with van der Waals surface area (Å²) in [6, 6.07) is 16.9. The molecule has 0 spiro atoms. The van der Waals surface area contributed by atoms with Crippen molar-refractivity contribution in [3.63, 3.8) is 0 Å². The summed E-state index contributed by atoms with van der Waals surface area (Å²) >= 11 is 0. The van der Waals surface area contributed by atoms with E-state index < -0.39 is 0 Å². The van der Waals surface area contributed by atoms with Crippen LogP contribution in [0.2, 0.25) is 0 Å². The molecule has 1 heterocycles. The summed E-state index contributed by atoms with van der Waals surface area (Å²) in [5.41, 5.74) is 6.19. The largest absolute Gasteiger partial charge is 0.353 e. The van der Waals surface area contributed by atoms with Crippen molar-refractivity contribution in [1.82, 2.24) is 4.98 Å². The van der Waals surface area contributed by atoms with E-state index in [1.54, 1.807) is 0 Å². The second kappa shape index (κ2) is 4.86. The summed E-state index contributed by atoms with van der Waals surface area (Å²) in [5.74, 6) is 0. The Balaban J connectivity index is 2.22. The Hall–Kier alpha value is -2.53. The smallest absolute Gasteiger partial charge is 0.102 e. The lowest BCUT2D eigenvalue weighted by molar-refractivity contribution is 1.14. The Morgan fingerprint density at radius 1 is 1.10 bits per heavy atom. The fraction of sp³-hybridized carbons (Fsp3) is 0.167. The minimum Gasteiger partial charge on any atom is -0.353 e. The Kier molecular flexibility index (Phi) is 3.04. The van der Waals surface area contributed by atoms with E-state index >= 15 is 0 Å². The molecule has 0 radical (unpaired) electrons. The van der Waals surface area contributed by atoms with Crippen molar-refractivity contribution < 1.29 is 0 Å². The fourth-order valence-corrected chi connectivity index (χ4v) is 2.55. The molecule has 98 valence electrons. The van der Waals surface area contributed by atoms with Gasteiger partial charge in [0.25, 0.3) is 0 Å². The van der Waals surface area contributed by atoms with Gasteiger partial charge in [-0.3, -0.25) is 0 Å². The zero-order valence-electron chi connectivity index (χ0n) is 11.7. The molecule has 1 N–H and O–H groups in total. The highest BCUT2D eigenvalue weighted by atomic mass is 14.7. The minimum atomic E-state index is 0.730. The van der Waals surface area contributed by atoms with Gasteiger partial charge in [0.2, 0.25) is 0 Å². The van der Waals surface area contributed by atoms with Gasteiger partial charge >= 0.3 is 0 Å². The Morgan fingerprint density at radius 2 is 1.85 bits per heavy atom. The van der Waals surface area contributed by atoms with Gasteiger partial charge in [-0.2, -0.15) is 5.26 Å². The van der Waals surface area contributed by atoms with Crippen LogP contribution >= 0.6 is 0 Å². The average molecular weight is 260 g/mol. The summed E-state index contributed by atoms with van der Waals surface area (Å²) in [4.78, 5) is 3.37. The maximum Gasteiger partial charge on any atom is 0.102 e. The van der Waals surface area contributed by atoms with Crippen molar-refractivity contribution in [3.8, 4) is 17.3 Å². The predicted molar refractivity (Wildman–Crippen MR) is 82.6 cm³/mol. The maximum atomic E-state index is 9.49. The van der Waals surface area contributed by atoms with Crippen molar-refractivity contribution in [3.05, 3.63) is 59.2 Å². The molecule has 2 aromatic carbocycles. The predicted octanol–water partition coefficient (Wildman–Crippen LogP) is 4.58. The topological polar surface area (TPSA) is 39.6 Å². The van der Waals surface area contributed by atoms with Gasteiger partial charge in [-0.25, -0.2) is 0 Å². The number of hydrogen-bond acceptors (Lipinski definition) is 1. The highest BCUT2D eigenvalue weighted by Crippen LogP contribution is 2.30. The number of nitrogens with zero attached hydrogens (tertiary/aromatic N) is 1. The van der Waals surface area contributed by atoms with Crippen LogP contribution in [0.1, 0.15) is 23.6 Å². The van der Waals surface area contributed by atoms with E-state index in [-0.39, 0.29) is 0 Å². The Labute approximate surface area is 118 Å². The first-order valence-electron chi connectivity index (χ1n) is 6.84. The molecule has 1 aromatic heterocycles. The van der Waals surface area contributed by atoms with Crippen molar-refractivity contribution in [1.29, 1.82) is 5.26 Å². The SMILES string of the molecule is CCc1ccc(-c2[nH]c3ccc(C)cc3c2C#N)cc1. The van der Waals surface area contributed by atoms with Gasteiger partial charge in [-0.05, 0) is 36.6 Å². The normalized spacial score (nSPS) is 10.7. The van der Waals surface area contributed by atoms with Crippen LogP contribution in [-0.4, -0.2) is 4.98 Å². The van der Waals surface area contributed by atoms with Gasteiger partial charge in [-0.15, -0.1) is 0 Å². The molecule has 0 aliphatic heterocycles. The molecule has 0 unspecified atom stereocenters. The zero-order chi connectivity index (χ0) is 14.1. The van der Waals surface area contributed by atoms with Gasteiger partial charge in [0.05, 0.1) is 11.3 Å². The summed E-state index contributed by atoms with van der Waals surface area (Å²) < 4.78 is 0. The number of nitrogens with one attached hydrogen (secondary N) is 1. The number of aryl methyl sites for hydroxylation is 2. The number of aromatic nitrogens is 1. The molecule has 0 bridgehead atoms. The number of rotatable bonds is 2. The molecule has 3 aromatic rings. The van der Waals surface area contributed by atoms with E-state index in [0.29, 0.717) is 0 Å². The molecule has 0 aliphatic carbocycles. The first-order chi connectivity index (χ1) is 9.72. The number of benzene rings is 2. The first kappa shape index (κ1) is 12.5. The molecular formula is C18H16N2. The van der Waals surface area contributed by atoms with Gasteiger partial charge in [0, 0.05) is 10.9 Å². The molecule has 0 saturated carbocycles. The molecule has 0 aliphatic rings. The van der Waals surface area contributed by atoms with Crippen molar-refractivity contribution in [2.45, 2.75) is 20.3 Å². The van der Waals surface area contributed by atoms with Crippen LogP contribution in [0.3, 0.4) is 0 Å². The summed E-state index contributed by atoms with van der Waals surface area (Å²) in [6.07, 6.45) is 1.03. The van der Waals surface area contributed by atoms with Gasteiger partial charge in [-0.1, -0.05) is 42.8 Å². The number of H-pyrrole nitrogens is 1. The molecule has 0 atom stereocenters. The van der Waals surface area contributed by atoms with Gasteiger partial charge in [0.15, 0.2) is 0 Å². The van der Waals surface area contributed by atoms with Crippen LogP contribution in [-0.2, 0) is 6.42 Å². The van der Waals surface area contributed by atoms with Gasteiger partial charge < -0.3 is 4.98 Å². The molecule has 0 saturated heterocycles. The molecule has 2 nitrogen and oxygen atoms in total. The van der Waals surface area contributed by atoms with Crippen molar-refractivity contribution in [2.24, 2.45) is 0 Å². The first-order valence-corrected chi connectivity index (χ1v) is 6.84. The molecule has 0 amide bonds. The molecule has 3 rings (SSSR count). The standard InChI is InChI=1S/C18H16N2/c1-3-13-5-7-14(8-6-13)18-16(11-19)15-10-12(2)4-9-17(15)20-18/h4-10,20H,3H2,1-2H3. The lowest BCUT2D eigenvalue weighted by atomic mass is 10.0. The highest BCUT2D eigenvalue weighted by Gasteiger charge is 2.12. The second-order valence-corrected chi connectivity index (χ2v) is 5.09. The number of nitriles is 1. The molecule has 2 heteroatoms. The van der Waals surface area contributed by atoms with Crippen LogP contribution < -0.4 is 0 Å². The molecule has 0 fully saturated rings. The third-order valence-electron chi connectivity index (χ3n) is 3.72. The minimum absolute atomic E-state index is 0.730. The number of fused-ring (bicyclic) bond motifs is 1. The number of aromatic amines is 1. The van der Waals surface area contributed by atoms with E-state index in [0.717, 1.165) is 34.1 Å². The van der Waals surface area contributed by atoms with E-state index in [1.807, 2.05) is 13.0 Å². The third-order valence-corrected chi connectivity index (χ3v) is 3.72. The molecular weight excluding hydrogens is 244 g/mol. The Morgan fingerprint density at radius 3 is 2.50 bits per heavy atom. The molecule has 20 heavy (non-hydrogen) atoms. The van der Waals surface area contributed by atoms with Crippen molar-refractivity contribution >= 4 is 10.9 Å². The third kappa shape index (κ3) is 1.98. The van der Waals surface area contributed by atoms with E-state index in [2.05, 4.69) is 54.4 Å². The Bertz CT molecular complexity index is 802. The van der Waals surface area contributed by atoms with E-state index in [1.165, 1.54) is 11.1 Å². The summed E-state index contributed by atoms with van der Waals surface area (Å²) in [5, 5.41) is 10.5. The van der Waals surface area contributed by atoms with E-state index in [4.69, 9.17) is 0 Å². The van der Waals surface area contributed by atoms with Gasteiger partial charge in [0.1, 0.15) is 6.07 Å². The highest BCUT2D eigenvalue weighted by molar-refractivity contribution is 5.93. The van der Waals surface area contributed by atoms with Crippen LogP contribution in [0.15, 0.2) is 42.5 Å². The monoisotopic (exact) mass is 260 g/mol. The van der Waals surface area contributed by atoms with Crippen molar-refractivity contribution in [2.75, 3.05) is 0 Å². The summed E-state index contributed by atoms with van der Waals surface area (Å²) in [7, 11) is 0. The maximum absolute atomic E-state index is 9.49. The lowest BCUT2D eigenvalue weighted by Crippen LogP contribution is -1.84. The van der Waals surface area contributed by atoms with E-state index in [9.17, 15) is 5.26 Å².